The number of hydrogen-bond donors (Lipinski definition) is 1. The quantitative estimate of drug-likeness (QED) is 0.828. The largest absolute Gasteiger partial charge is 0.330 e. The lowest BCUT2D eigenvalue weighted by atomic mass is 9.84. The minimum absolute atomic E-state index is 0.708. The Bertz CT molecular complexity index is 345. The zero-order chi connectivity index (χ0) is 12.8. The fourth-order valence-electron chi connectivity index (χ4n) is 3.09. The summed E-state index contributed by atoms with van der Waals surface area (Å²) >= 11 is 0. The molecule has 0 amide bonds. The maximum atomic E-state index is 5.94. The van der Waals surface area contributed by atoms with Crippen molar-refractivity contribution in [2.75, 3.05) is 6.54 Å². The van der Waals surface area contributed by atoms with Crippen molar-refractivity contribution >= 4 is 0 Å². The van der Waals surface area contributed by atoms with Crippen LogP contribution in [0.3, 0.4) is 0 Å². The highest BCUT2D eigenvalue weighted by Gasteiger charge is 2.22. The molecule has 1 aliphatic carbocycles. The van der Waals surface area contributed by atoms with Gasteiger partial charge in [-0.3, -0.25) is 4.98 Å². The number of nitrogens with two attached hydrogens (primary N) is 1. The molecule has 2 N–H and O–H groups in total. The highest BCUT2D eigenvalue weighted by molar-refractivity contribution is 5.14. The molecule has 0 radical (unpaired) electrons. The number of rotatable bonds is 4. The minimum Gasteiger partial charge on any atom is -0.330 e. The molecule has 1 saturated carbocycles. The third-order valence-electron chi connectivity index (χ3n) is 4.38. The SMILES string of the molecule is CCc1ccc(CC2CCCCCC2CN)nc1. The lowest BCUT2D eigenvalue weighted by Gasteiger charge is -2.23. The summed E-state index contributed by atoms with van der Waals surface area (Å²) in [5, 5.41) is 0. The maximum absolute atomic E-state index is 5.94. The van der Waals surface area contributed by atoms with E-state index >= 15 is 0 Å². The summed E-state index contributed by atoms with van der Waals surface area (Å²) in [6.45, 7) is 3.02. The van der Waals surface area contributed by atoms with Gasteiger partial charge in [-0.25, -0.2) is 0 Å². The van der Waals surface area contributed by atoms with Crippen LogP contribution in [0.15, 0.2) is 18.3 Å². The Morgan fingerprint density at radius 1 is 1.17 bits per heavy atom. The molecule has 2 unspecified atom stereocenters. The molecule has 0 bridgehead atoms. The van der Waals surface area contributed by atoms with Crippen LogP contribution in [0.2, 0.25) is 0 Å². The molecular formula is C16H26N2. The van der Waals surface area contributed by atoms with Crippen LogP contribution < -0.4 is 5.73 Å². The van der Waals surface area contributed by atoms with Crippen molar-refractivity contribution in [2.24, 2.45) is 17.6 Å². The third kappa shape index (κ3) is 3.55. The van der Waals surface area contributed by atoms with Gasteiger partial charge in [0.05, 0.1) is 0 Å². The number of aryl methyl sites for hydroxylation is 1. The summed E-state index contributed by atoms with van der Waals surface area (Å²) < 4.78 is 0. The van der Waals surface area contributed by atoms with Gasteiger partial charge in [-0.2, -0.15) is 0 Å². The molecule has 2 atom stereocenters. The van der Waals surface area contributed by atoms with E-state index in [0.717, 1.165) is 25.3 Å². The first-order valence-electron chi connectivity index (χ1n) is 7.47. The monoisotopic (exact) mass is 246 g/mol. The predicted molar refractivity (Wildman–Crippen MR) is 76.4 cm³/mol. The van der Waals surface area contributed by atoms with Crippen molar-refractivity contribution in [1.82, 2.24) is 4.98 Å². The molecule has 1 heterocycles. The van der Waals surface area contributed by atoms with Crippen LogP contribution in [0.5, 0.6) is 0 Å². The lowest BCUT2D eigenvalue weighted by Crippen LogP contribution is -2.24. The molecule has 2 rings (SSSR count). The van der Waals surface area contributed by atoms with Gasteiger partial charge in [0.25, 0.3) is 0 Å². The summed E-state index contributed by atoms with van der Waals surface area (Å²) in [6, 6.07) is 4.42. The molecular weight excluding hydrogens is 220 g/mol. The smallest absolute Gasteiger partial charge is 0.0406 e. The van der Waals surface area contributed by atoms with Crippen molar-refractivity contribution in [3.05, 3.63) is 29.6 Å². The maximum Gasteiger partial charge on any atom is 0.0406 e. The van der Waals surface area contributed by atoms with Gasteiger partial charge in [0.1, 0.15) is 0 Å². The average molecular weight is 246 g/mol. The van der Waals surface area contributed by atoms with E-state index in [1.807, 2.05) is 6.20 Å². The van der Waals surface area contributed by atoms with Crippen LogP contribution in [0.1, 0.15) is 50.3 Å². The topological polar surface area (TPSA) is 38.9 Å². The van der Waals surface area contributed by atoms with Gasteiger partial charge < -0.3 is 5.73 Å². The first-order chi connectivity index (χ1) is 8.83. The van der Waals surface area contributed by atoms with E-state index in [4.69, 9.17) is 5.73 Å². The summed E-state index contributed by atoms with van der Waals surface area (Å²) in [5.74, 6) is 1.46. The molecule has 2 nitrogen and oxygen atoms in total. The first kappa shape index (κ1) is 13.5. The standard InChI is InChI=1S/C16H26N2/c1-2-13-8-9-16(18-12-13)10-14-6-4-3-5-7-15(14)11-17/h8-9,12,14-15H,2-7,10-11,17H2,1H3. The minimum atomic E-state index is 0.708. The van der Waals surface area contributed by atoms with Gasteiger partial charge in [0.15, 0.2) is 0 Å². The van der Waals surface area contributed by atoms with Crippen LogP contribution in [0.4, 0.5) is 0 Å². The van der Waals surface area contributed by atoms with Crippen molar-refractivity contribution in [3.8, 4) is 0 Å². The molecule has 0 saturated heterocycles. The Kier molecular flexibility index (Phi) is 5.18. The fourth-order valence-corrected chi connectivity index (χ4v) is 3.09. The summed E-state index contributed by atoms with van der Waals surface area (Å²) in [7, 11) is 0. The van der Waals surface area contributed by atoms with Crippen molar-refractivity contribution < 1.29 is 0 Å². The molecule has 2 heteroatoms. The second-order valence-corrected chi connectivity index (χ2v) is 5.61. The number of pyridine rings is 1. The number of aromatic nitrogens is 1. The molecule has 1 aliphatic rings. The summed E-state index contributed by atoms with van der Waals surface area (Å²) in [4.78, 5) is 4.60. The van der Waals surface area contributed by atoms with E-state index in [2.05, 4.69) is 24.0 Å². The second kappa shape index (κ2) is 6.89. The lowest BCUT2D eigenvalue weighted by molar-refractivity contribution is 0.316. The molecule has 100 valence electrons. The summed E-state index contributed by atoms with van der Waals surface area (Å²) in [6.07, 6.45) is 11.0. The van der Waals surface area contributed by atoms with Gasteiger partial charge in [-0.05, 0) is 55.7 Å². The Morgan fingerprint density at radius 3 is 2.56 bits per heavy atom. The van der Waals surface area contributed by atoms with Gasteiger partial charge in [0, 0.05) is 11.9 Å². The van der Waals surface area contributed by atoms with Gasteiger partial charge in [-0.1, -0.05) is 32.3 Å². The Hall–Kier alpha value is -0.890. The Morgan fingerprint density at radius 2 is 1.94 bits per heavy atom. The highest BCUT2D eigenvalue weighted by atomic mass is 14.7. The van der Waals surface area contributed by atoms with E-state index in [9.17, 15) is 0 Å². The molecule has 0 aromatic carbocycles. The predicted octanol–water partition coefficient (Wildman–Crippen LogP) is 3.34. The van der Waals surface area contributed by atoms with E-state index in [-0.39, 0.29) is 0 Å². The van der Waals surface area contributed by atoms with E-state index in [1.54, 1.807) is 0 Å². The van der Waals surface area contributed by atoms with Crippen LogP contribution >= 0.6 is 0 Å². The fraction of sp³-hybridized carbons (Fsp3) is 0.688. The number of nitrogens with zero attached hydrogens (tertiary/aromatic N) is 1. The van der Waals surface area contributed by atoms with Gasteiger partial charge >= 0.3 is 0 Å². The van der Waals surface area contributed by atoms with Crippen LogP contribution in [0, 0.1) is 11.8 Å². The van der Waals surface area contributed by atoms with Crippen LogP contribution in [-0.4, -0.2) is 11.5 Å². The van der Waals surface area contributed by atoms with E-state index in [1.165, 1.54) is 43.4 Å². The van der Waals surface area contributed by atoms with Crippen molar-refractivity contribution in [3.63, 3.8) is 0 Å². The van der Waals surface area contributed by atoms with E-state index in [0.29, 0.717) is 5.92 Å². The summed E-state index contributed by atoms with van der Waals surface area (Å²) in [5.41, 5.74) is 8.52. The molecule has 18 heavy (non-hydrogen) atoms. The Balaban J connectivity index is 2.00. The highest BCUT2D eigenvalue weighted by Crippen LogP contribution is 2.30. The number of hydrogen-bond acceptors (Lipinski definition) is 2. The van der Waals surface area contributed by atoms with Gasteiger partial charge in [-0.15, -0.1) is 0 Å². The van der Waals surface area contributed by atoms with Crippen molar-refractivity contribution in [2.45, 2.75) is 51.9 Å². The van der Waals surface area contributed by atoms with E-state index < -0.39 is 0 Å². The van der Waals surface area contributed by atoms with Gasteiger partial charge in [0.2, 0.25) is 0 Å². The molecule has 1 fully saturated rings. The molecule has 1 aromatic heterocycles. The molecule has 1 aromatic rings. The zero-order valence-corrected chi connectivity index (χ0v) is 11.6. The zero-order valence-electron chi connectivity index (χ0n) is 11.6. The Labute approximate surface area is 111 Å². The van der Waals surface area contributed by atoms with Crippen LogP contribution in [-0.2, 0) is 12.8 Å². The van der Waals surface area contributed by atoms with Crippen molar-refractivity contribution in [1.29, 1.82) is 0 Å². The molecule has 0 aliphatic heterocycles. The molecule has 0 spiro atoms. The second-order valence-electron chi connectivity index (χ2n) is 5.61. The average Bonchev–Trinajstić information content (AvgIpc) is 2.64. The third-order valence-corrected chi connectivity index (χ3v) is 4.38. The first-order valence-corrected chi connectivity index (χ1v) is 7.47. The van der Waals surface area contributed by atoms with Crippen LogP contribution in [0.25, 0.3) is 0 Å². The normalized spacial score (nSPS) is 24.8.